The molecule has 1 fully saturated rings. The molecule has 200 valence electrons. The van der Waals surface area contributed by atoms with Gasteiger partial charge < -0.3 is 9.84 Å². The second kappa shape index (κ2) is 9.97. The zero-order valence-corrected chi connectivity index (χ0v) is 23.8. The molecule has 1 atom stereocenters. The van der Waals surface area contributed by atoms with Crippen molar-refractivity contribution in [2.24, 2.45) is 0 Å². The number of fused-ring (bicyclic) bond motifs is 1. The highest BCUT2D eigenvalue weighted by atomic mass is 32.1. The number of nitrogens with zero attached hydrogens (tertiary/aromatic N) is 2. The second-order valence-corrected chi connectivity index (χ2v) is 11.9. The summed E-state index contributed by atoms with van der Waals surface area (Å²) in [5, 5.41) is 12.0. The average molecular weight is 541 g/mol. The second-order valence-electron chi connectivity index (χ2n) is 10.9. The molecule has 1 aliphatic heterocycles. The molecular weight excluding hydrogens is 508 g/mol. The van der Waals surface area contributed by atoms with Crippen LogP contribution in [0.3, 0.4) is 0 Å². The zero-order chi connectivity index (χ0) is 28.1. The van der Waals surface area contributed by atoms with E-state index in [1.807, 2.05) is 81.4 Å². The molecule has 0 spiro atoms. The number of aliphatic hydroxyl groups is 1. The number of benzene rings is 3. The predicted octanol–water partition coefficient (Wildman–Crippen LogP) is 7.24. The van der Waals surface area contributed by atoms with E-state index in [4.69, 9.17) is 9.72 Å². The number of carbonyl (C=O) groups excluding carboxylic acids is 2. The highest BCUT2D eigenvalue weighted by Gasteiger charge is 2.48. The van der Waals surface area contributed by atoms with Crippen molar-refractivity contribution in [1.82, 2.24) is 4.98 Å². The van der Waals surface area contributed by atoms with Crippen LogP contribution in [-0.4, -0.2) is 28.4 Å². The molecule has 2 heterocycles. The number of aromatic nitrogens is 1. The number of amides is 1. The van der Waals surface area contributed by atoms with Crippen LogP contribution in [0.25, 0.3) is 16.0 Å². The molecule has 6 nitrogen and oxygen atoms in total. The van der Waals surface area contributed by atoms with Gasteiger partial charge in [-0.25, -0.2) is 4.98 Å². The largest absolute Gasteiger partial charge is 0.507 e. The lowest BCUT2D eigenvalue weighted by atomic mass is 9.85. The molecule has 1 amide bonds. The molecule has 1 N–H and O–H groups in total. The molecule has 3 aromatic carbocycles. The Labute approximate surface area is 232 Å². The summed E-state index contributed by atoms with van der Waals surface area (Å²) in [4.78, 5) is 33.4. The quantitative estimate of drug-likeness (QED) is 0.164. The van der Waals surface area contributed by atoms with Crippen LogP contribution in [0.2, 0.25) is 0 Å². The van der Waals surface area contributed by atoms with E-state index in [-0.39, 0.29) is 16.7 Å². The van der Waals surface area contributed by atoms with Gasteiger partial charge in [-0.05, 0) is 67.1 Å². The van der Waals surface area contributed by atoms with E-state index in [9.17, 15) is 14.7 Å². The van der Waals surface area contributed by atoms with Crippen molar-refractivity contribution in [2.75, 3.05) is 11.5 Å². The Hall–Kier alpha value is -3.97. The minimum absolute atomic E-state index is 0.0615. The van der Waals surface area contributed by atoms with Gasteiger partial charge in [0.05, 0.1) is 28.4 Å². The lowest BCUT2D eigenvalue weighted by Crippen LogP contribution is -2.29. The molecule has 39 heavy (non-hydrogen) atoms. The first kappa shape index (κ1) is 26.6. The molecule has 1 unspecified atom stereocenters. The number of ether oxygens (including phenoxy) is 1. The van der Waals surface area contributed by atoms with E-state index < -0.39 is 17.7 Å². The van der Waals surface area contributed by atoms with Crippen molar-refractivity contribution in [3.63, 3.8) is 0 Å². The van der Waals surface area contributed by atoms with Gasteiger partial charge in [-0.15, -0.1) is 0 Å². The van der Waals surface area contributed by atoms with Crippen molar-refractivity contribution in [1.29, 1.82) is 0 Å². The highest BCUT2D eigenvalue weighted by Crippen LogP contribution is 2.45. The van der Waals surface area contributed by atoms with Gasteiger partial charge in [0.2, 0.25) is 0 Å². The van der Waals surface area contributed by atoms with Gasteiger partial charge in [0, 0.05) is 5.56 Å². The van der Waals surface area contributed by atoms with Gasteiger partial charge in [-0.3, -0.25) is 14.5 Å². The summed E-state index contributed by atoms with van der Waals surface area (Å²) in [5.74, 6) is -0.906. The van der Waals surface area contributed by atoms with Crippen molar-refractivity contribution >= 4 is 44.1 Å². The molecule has 0 aliphatic carbocycles. The van der Waals surface area contributed by atoms with E-state index in [0.717, 1.165) is 27.0 Å². The summed E-state index contributed by atoms with van der Waals surface area (Å²) in [6, 6.07) is 18.3. The van der Waals surface area contributed by atoms with Gasteiger partial charge in [-0.2, -0.15) is 0 Å². The average Bonchev–Trinajstić information content (AvgIpc) is 3.42. The molecule has 4 aromatic rings. The van der Waals surface area contributed by atoms with E-state index in [1.165, 1.54) is 16.2 Å². The molecule has 1 saturated heterocycles. The summed E-state index contributed by atoms with van der Waals surface area (Å²) < 4.78 is 6.48. The van der Waals surface area contributed by atoms with Crippen LogP contribution >= 0.6 is 11.3 Å². The third-order valence-electron chi connectivity index (χ3n) is 7.05. The first-order valence-corrected chi connectivity index (χ1v) is 13.8. The van der Waals surface area contributed by atoms with Crippen LogP contribution in [0.1, 0.15) is 61.6 Å². The number of hydrogen-bond donors (Lipinski definition) is 1. The first-order valence-electron chi connectivity index (χ1n) is 13.0. The van der Waals surface area contributed by atoms with Gasteiger partial charge in [0.15, 0.2) is 5.13 Å². The fraction of sp³-hybridized carbons (Fsp3) is 0.281. The number of aryl methyl sites for hydroxylation is 2. The van der Waals surface area contributed by atoms with E-state index >= 15 is 0 Å². The third kappa shape index (κ3) is 4.83. The van der Waals surface area contributed by atoms with Crippen LogP contribution in [0.4, 0.5) is 5.13 Å². The van der Waals surface area contributed by atoms with Gasteiger partial charge in [-0.1, -0.05) is 74.1 Å². The number of anilines is 1. The van der Waals surface area contributed by atoms with Gasteiger partial charge >= 0.3 is 5.91 Å². The summed E-state index contributed by atoms with van der Waals surface area (Å²) in [7, 11) is 0. The lowest BCUT2D eigenvalue weighted by molar-refractivity contribution is -0.132. The minimum atomic E-state index is -0.828. The molecule has 7 heteroatoms. The smallest absolute Gasteiger partial charge is 0.301 e. The number of rotatable bonds is 5. The van der Waals surface area contributed by atoms with Crippen LogP contribution < -0.4 is 9.64 Å². The fourth-order valence-electron chi connectivity index (χ4n) is 4.90. The van der Waals surface area contributed by atoms with E-state index in [1.54, 1.807) is 0 Å². The Kier molecular flexibility index (Phi) is 6.81. The van der Waals surface area contributed by atoms with Crippen molar-refractivity contribution in [2.45, 2.75) is 53.0 Å². The molecule has 0 radical (unpaired) electrons. The summed E-state index contributed by atoms with van der Waals surface area (Å²) in [6.07, 6.45) is 0. The monoisotopic (exact) mass is 540 g/mol. The third-order valence-corrected chi connectivity index (χ3v) is 8.07. The van der Waals surface area contributed by atoms with Gasteiger partial charge in [0.1, 0.15) is 11.5 Å². The Morgan fingerprint density at radius 1 is 1.03 bits per heavy atom. The number of carbonyl (C=O) groups is 2. The minimum Gasteiger partial charge on any atom is -0.507 e. The number of hydrogen-bond acceptors (Lipinski definition) is 6. The van der Waals surface area contributed by atoms with Gasteiger partial charge in [0.25, 0.3) is 5.78 Å². The zero-order valence-electron chi connectivity index (χ0n) is 23.0. The molecule has 1 aromatic heterocycles. The maximum absolute atomic E-state index is 13.6. The number of thiazole rings is 1. The first-order chi connectivity index (χ1) is 18.5. The van der Waals surface area contributed by atoms with Crippen LogP contribution in [-0.2, 0) is 15.0 Å². The summed E-state index contributed by atoms with van der Waals surface area (Å²) in [6.45, 7) is 12.7. The standard InChI is InChI=1S/C32H32N2O4S/c1-7-38-22-14-15-24-25(17-22)39-31(33-24)34-27(20-10-12-21(13-11-20)32(4,5)6)26(29(36)30(34)37)28(35)23-16-18(2)8-9-19(23)3/h8-17,27,35H,7H2,1-6H3/b28-26+. The number of ketones is 1. The van der Waals surface area contributed by atoms with E-state index in [2.05, 4.69) is 20.8 Å². The predicted molar refractivity (Wildman–Crippen MR) is 157 cm³/mol. The Bertz CT molecular complexity index is 1630. The molecule has 0 bridgehead atoms. The summed E-state index contributed by atoms with van der Waals surface area (Å²) in [5.41, 5.74) is 4.85. The molecular formula is C32H32N2O4S. The number of Topliss-reactive ketones (excluding diaryl/α,β-unsaturated/α-hetero) is 1. The molecule has 1 aliphatic rings. The number of aliphatic hydroxyl groups excluding tert-OH is 1. The highest BCUT2D eigenvalue weighted by molar-refractivity contribution is 7.22. The molecule has 0 saturated carbocycles. The van der Waals surface area contributed by atoms with Crippen molar-refractivity contribution in [3.8, 4) is 5.75 Å². The van der Waals surface area contributed by atoms with E-state index in [0.29, 0.717) is 28.6 Å². The normalized spacial score (nSPS) is 17.3. The van der Waals surface area contributed by atoms with Crippen molar-refractivity contribution < 1.29 is 19.4 Å². The van der Waals surface area contributed by atoms with Crippen LogP contribution in [0.15, 0.2) is 66.2 Å². The maximum Gasteiger partial charge on any atom is 0.301 e. The maximum atomic E-state index is 13.6. The SMILES string of the molecule is CCOc1ccc2nc(N3C(=O)C(=O)/C(=C(/O)c4cc(C)ccc4C)C3c3ccc(C(C)(C)C)cc3)sc2c1. The van der Waals surface area contributed by atoms with Crippen LogP contribution in [0, 0.1) is 13.8 Å². The lowest BCUT2D eigenvalue weighted by Gasteiger charge is -2.25. The topological polar surface area (TPSA) is 79.7 Å². The Morgan fingerprint density at radius 2 is 1.74 bits per heavy atom. The molecule has 5 rings (SSSR count). The Balaban J connectivity index is 1.71. The fourth-order valence-corrected chi connectivity index (χ4v) is 5.92. The van der Waals surface area contributed by atoms with Crippen LogP contribution in [0.5, 0.6) is 5.75 Å². The Morgan fingerprint density at radius 3 is 2.41 bits per heavy atom. The summed E-state index contributed by atoms with van der Waals surface area (Å²) >= 11 is 1.32. The van der Waals surface area contributed by atoms with Crippen molar-refractivity contribution in [3.05, 3.63) is 94.1 Å².